The Bertz CT molecular complexity index is 580. The monoisotopic (exact) mass is 333 g/mol. The van der Waals surface area contributed by atoms with Crippen molar-refractivity contribution in [1.82, 2.24) is 5.48 Å². The van der Waals surface area contributed by atoms with E-state index in [1.165, 1.54) is 52.3 Å². The molecule has 1 aromatic carbocycles. The average Bonchev–Trinajstić information content (AvgIpc) is 2.45. The van der Waals surface area contributed by atoms with E-state index < -0.39 is 20.5 Å². The third kappa shape index (κ3) is 4.19. The number of sulfone groups is 1. The van der Waals surface area contributed by atoms with Crippen LogP contribution in [-0.4, -0.2) is 40.1 Å². The first-order valence-electron chi connectivity index (χ1n) is 6.07. The second kappa shape index (κ2) is 8.11. The predicted octanol–water partition coefficient (Wildman–Crippen LogP) is 1.54. The molecule has 8 heteroatoms. The van der Waals surface area contributed by atoms with Crippen LogP contribution in [0.4, 0.5) is 0 Å². The van der Waals surface area contributed by atoms with Crippen LogP contribution in [0.2, 0.25) is 0 Å². The summed E-state index contributed by atoms with van der Waals surface area (Å²) in [5.41, 5.74) is 2.04. The molecule has 0 saturated carbocycles. The third-order valence-corrected chi connectivity index (χ3v) is 5.31. The highest BCUT2D eigenvalue weighted by Crippen LogP contribution is 2.27. The van der Waals surface area contributed by atoms with E-state index in [1.807, 2.05) is 5.48 Å². The van der Waals surface area contributed by atoms with Crippen molar-refractivity contribution in [2.45, 2.75) is 30.9 Å². The Labute approximate surface area is 131 Å². The van der Waals surface area contributed by atoms with E-state index >= 15 is 0 Å². The fraction of sp³-hybridized carbons (Fsp3) is 0.500. The summed E-state index contributed by atoms with van der Waals surface area (Å²) in [7, 11) is -1.16. The van der Waals surface area contributed by atoms with Gasteiger partial charge in [0.15, 0.2) is 21.4 Å². The van der Waals surface area contributed by atoms with Crippen LogP contribution in [-0.2, 0) is 24.2 Å². The zero-order valence-corrected chi connectivity index (χ0v) is 13.2. The Morgan fingerprint density at radius 3 is 2.18 bits per heavy atom. The SMILES string of the molecule is C.COCOc1ccc(S(=O)(=O)C(C)(C)C(=O)NOC)cc1. The Hall–Kier alpha value is -1.64. The van der Waals surface area contributed by atoms with Gasteiger partial charge in [0.1, 0.15) is 5.75 Å². The van der Waals surface area contributed by atoms with Crippen molar-refractivity contribution in [1.29, 1.82) is 0 Å². The van der Waals surface area contributed by atoms with Gasteiger partial charge in [0.2, 0.25) is 0 Å². The molecule has 0 aliphatic heterocycles. The average molecular weight is 333 g/mol. The summed E-state index contributed by atoms with van der Waals surface area (Å²) in [5, 5.41) is 0. The van der Waals surface area contributed by atoms with Gasteiger partial charge >= 0.3 is 0 Å². The van der Waals surface area contributed by atoms with Crippen molar-refractivity contribution >= 4 is 15.7 Å². The van der Waals surface area contributed by atoms with Gasteiger partial charge in [0.05, 0.1) is 12.0 Å². The zero-order valence-electron chi connectivity index (χ0n) is 12.4. The lowest BCUT2D eigenvalue weighted by atomic mass is 10.2. The molecule has 0 aromatic heterocycles. The molecule has 0 radical (unpaired) electrons. The number of benzene rings is 1. The highest BCUT2D eigenvalue weighted by molar-refractivity contribution is 7.93. The van der Waals surface area contributed by atoms with Crippen LogP contribution in [0.25, 0.3) is 0 Å². The van der Waals surface area contributed by atoms with Crippen LogP contribution in [0, 0.1) is 0 Å². The molecule has 0 atom stereocenters. The second-order valence-electron chi connectivity index (χ2n) is 4.67. The van der Waals surface area contributed by atoms with Gasteiger partial charge in [-0.05, 0) is 38.1 Å². The van der Waals surface area contributed by atoms with Gasteiger partial charge in [0, 0.05) is 7.11 Å². The number of carbonyl (C=O) groups excluding carboxylic acids is 1. The Morgan fingerprint density at radius 2 is 1.73 bits per heavy atom. The molecular formula is C14H23NO6S. The van der Waals surface area contributed by atoms with Crippen LogP contribution >= 0.6 is 0 Å². The van der Waals surface area contributed by atoms with E-state index in [-0.39, 0.29) is 19.1 Å². The molecule has 0 unspecified atom stereocenters. The molecule has 0 aliphatic rings. The van der Waals surface area contributed by atoms with Crippen molar-refractivity contribution in [2.75, 3.05) is 21.0 Å². The molecule has 22 heavy (non-hydrogen) atoms. The van der Waals surface area contributed by atoms with Crippen molar-refractivity contribution < 1.29 is 27.5 Å². The van der Waals surface area contributed by atoms with E-state index in [2.05, 4.69) is 4.84 Å². The number of carbonyl (C=O) groups is 1. The molecule has 1 N–H and O–H groups in total. The van der Waals surface area contributed by atoms with Gasteiger partial charge in [-0.3, -0.25) is 9.63 Å². The molecule has 1 rings (SSSR count). The molecule has 0 fully saturated rings. The van der Waals surface area contributed by atoms with Gasteiger partial charge < -0.3 is 9.47 Å². The molecule has 0 saturated heterocycles. The summed E-state index contributed by atoms with van der Waals surface area (Å²) in [5.74, 6) is -0.278. The molecular weight excluding hydrogens is 310 g/mol. The Morgan fingerprint density at radius 1 is 1.18 bits per heavy atom. The zero-order chi connectivity index (χ0) is 16.1. The van der Waals surface area contributed by atoms with Gasteiger partial charge in [-0.2, -0.15) is 0 Å². The van der Waals surface area contributed by atoms with Crippen molar-refractivity contribution in [2.24, 2.45) is 0 Å². The predicted molar refractivity (Wildman–Crippen MR) is 82.1 cm³/mol. The number of hydroxylamine groups is 1. The summed E-state index contributed by atoms with van der Waals surface area (Å²) >= 11 is 0. The fourth-order valence-electron chi connectivity index (χ4n) is 1.47. The molecule has 1 aromatic rings. The van der Waals surface area contributed by atoms with Crippen LogP contribution in [0.1, 0.15) is 21.3 Å². The highest BCUT2D eigenvalue weighted by atomic mass is 32.2. The topological polar surface area (TPSA) is 90.9 Å². The number of hydrogen-bond acceptors (Lipinski definition) is 6. The number of amides is 1. The summed E-state index contributed by atoms with van der Waals surface area (Å²) in [6, 6.07) is 5.75. The molecule has 7 nitrogen and oxygen atoms in total. The minimum atomic E-state index is -3.88. The maximum atomic E-state index is 12.5. The minimum absolute atomic E-state index is 0. The minimum Gasteiger partial charge on any atom is -0.468 e. The lowest BCUT2D eigenvalue weighted by molar-refractivity contribution is -0.133. The van der Waals surface area contributed by atoms with Crippen LogP contribution in [0.15, 0.2) is 29.2 Å². The number of hydrogen-bond donors (Lipinski definition) is 1. The molecule has 1 amide bonds. The molecule has 0 spiro atoms. The molecule has 0 bridgehead atoms. The van der Waals surface area contributed by atoms with Gasteiger partial charge in [-0.25, -0.2) is 13.9 Å². The van der Waals surface area contributed by atoms with E-state index in [4.69, 9.17) is 9.47 Å². The normalized spacial score (nSPS) is 11.5. The van der Waals surface area contributed by atoms with Gasteiger partial charge in [0.25, 0.3) is 5.91 Å². The van der Waals surface area contributed by atoms with Crippen LogP contribution in [0.5, 0.6) is 5.75 Å². The Kier molecular flexibility index (Phi) is 7.51. The van der Waals surface area contributed by atoms with E-state index in [9.17, 15) is 13.2 Å². The molecule has 0 aliphatic carbocycles. The first-order valence-corrected chi connectivity index (χ1v) is 7.55. The van der Waals surface area contributed by atoms with Crippen molar-refractivity contribution in [3.05, 3.63) is 24.3 Å². The summed E-state index contributed by atoms with van der Waals surface area (Å²) in [6.07, 6.45) is 0. The highest BCUT2D eigenvalue weighted by Gasteiger charge is 2.43. The Balaban J connectivity index is 0.00000441. The first kappa shape index (κ1) is 20.4. The number of ether oxygens (including phenoxy) is 2. The standard InChI is InChI=1S/C13H19NO6S.CH4/c1-13(2,12(15)14-19-4)21(16,17)11-7-5-10(6-8-11)20-9-18-3;/h5-8H,9H2,1-4H3,(H,14,15);1H4. The van der Waals surface area contributed by atoms with Gasteiger partial charge in [-0.1, -0.05) is 7.43 Å². The second-order valence-corrected chi connectivity index (χ2v) is 7.17. The largest absolute Gasteiger partial charge is 0.468 e. The molecule has 126 valence electrons. The lowest BCUT2D eigenvalue weighted by Crippen LogP contribution is -2.47. The maximum Gasteiger partial charge on any atom is 0.264 e. The first-order chi connectivity index (χ1) is 9.77. The van der Waals surface area contributed by atoms with E-state index in [0.717, 1.165) is 0 Å². The van der Waals surface area contributed by atoms with Crippen LogP contribution < -0.4 is 10.2 Å². The van der Waals surface area contributed by atoms with E-state index in [1.54, 1.807) is 0 Å². The fourth-order valence-corrected chi connectivity index (χ4v) is 2.84. The van der Waals surface area contributed by atoms with Crippen molar-refractivity contribution in [3.8, 4) is 5.75 Å². The summed E-state index contributed by atoms with van der Waals surface area (Å²) in [4.78, 5) is 16.3. The van der Waals surface area contributed by atoms with Crippen LogP contribution in [0.3, 0.4) is 0 Å². The number of rotatable bonds is 7. The lowest BCUT2D eigenvalue weighted by Gasteiger charge is -2.23. The summed E-state index contributed by atoms with van der Waals surface area (Å²) in [6.45, 7) is 2.69. The van der Waals surface area contributed by atoms with Crippen molar-refractivity contribution in [3.63, 3.8) is 0 Å². The maximum absolute atomic E-state index is 12.5. The quantitative estimate of drug-likeness (QED) is 0.601. The summed E-state index contributed by atoms with van der Waals surface area (Å²) < 4.78 is 33.3. The van der Waals surface area contributed by atoms with Gasteiger partial charge in [-0.15, -0.1) is 0 Å². The van der Waals surface area contributed by atoms with E-state index in [0.29, 0.717) is 5.75 Å². The number of nitrogens with one attached hydrogen (secondary N) is 1. The smallest absolute Gasteiger partial charge is 0.264 e. The third-order valence-electron chi connectivity index (χ3n) is 2.89. The number of methoxy groups -OCH3 is 1. The molecule has 0 heterocycles.